The Morgan fingerprint density at radius 3 is 2.26 bits per heavy atom. The molecule has 0 aliphatic carbocycles. The molecule has 2 N–H and O–H groups in total. The fourth-order valence-electron chi connectivity index (χ4n) is 2.78. The van der Waals surface area contributed by atoms with Crippen LogP contribution in [0.4, 0.5) is 0 Å². The molecule has 3 atom stereocenters. The number of hydrogen-bond donors (Lipinski definition) is 1. The molecule has 5 heteroatoms. The summed E-state index contributed by atoms with van der Waals surface area (Å²) in [5, 5.41) is 0. The molecule has 1 fully saturated rings. The number of hydrogen-bond acceptors (Lipinski definition) is 4. The molecule has 0 saturated carbocycles. The van der Waals surface area contributed by atoms with Crippen LogP contribution in [0.2, 0.25) is 0 Å². The predicted molar refractivity (Wildman–Crippen MR) is 77.0 cm³/mol. The molecule has 1 aliphatic rings. The third-order valence-electron chi connectivity index (χ3n) is 3.76. The summed E-state index contributed by atoms with van der Waals surface area (Å²) >= 11 is 0. The Morgan fingerprint density at radius 1 is 1.32 bits per heavy atom. The van der Waals surface area contributed by atoms with Gasteiger partial charge in [0.25, 0.3) is 0 Å². The van der Waals surface area contributed by atoms with Crippen molar-refractivity contribution in [1.29, 1.82) is 0 Å². The van der Waals surface area contributed by atoms with E-state index in [0.717, 1.165) is 26.2 Å². The van der Waals surface area contributed by atoms with E-state index in [4.69, 9.17) is 10.5 Å². The van der Waals surface area contributed by atoms with Crippen LogP contribution in [0.15, 0.2) is 0 Å². The zero-order valence-electron chi connectivity index (χ0n) is 12.8. The topological polar surface area (TPSA) is 58.8 Å². The van der Waals surface area contributed by atoms with Gasteiger partial charge in [0.05, 0.1) is 12.2 Å². The predicted octanol–water partition coefficient (Wildman–Crippen LogP) is 0.681. The Bertz CT molecular complexity index is 272. The highest BCUT2D eigenvalue weighted by Crippen LogP contribution is 2.15. The average Bonchev–Trinajstić information content (AvgIpc) is 2.36. The Morgan fingerprint density at radius 2 is 1.84 bits per heavy atom. The van der Waals surface area contributed by atoms with Crippen LogP contribution in [0.1, 0.15) is 34.1 Å². The van der Waals surface area contributed by atoms with Gasteiger partial charge in [-0.25, -0.2) is 0 Å². The molecular weight excluding hydrogens is 242 g/mol. The van der Waals surface area contributed by atoms with E-state index in [1.165, 1.54) is 0 Å². The molecule has 1 rings (SSSR count). The number of morpholine rings is 1. The highest BCUT2D eigenvalue weighted by atomic mass is 16.5. The molecular formula is C14H29N3O2. The lowest BCUT2D eigenvalue weighted by molar-refractivity contribution is -0.134. The number of nitrogens with two attached hydrogens (primary N) is 1. The Labute approximate surface area is 117 Å². The summed E-state index contributed by atoms with van der Waals surface area (Å²) in [5.41, 5.74) is 5.87. The maximum atomic E-state index is 12.2. The normalized spacial score (nSPS) is 26.2. The van der Waals surface area contributed by atoms with Gasteiger partial charge in [0, 0.05) is 45.2 Å². The third-order valence-corrected chi connectivity index (χ3v) is 3.76. The smallest absolute Gasteiger partial charge is 0.224 e. The van der Waals surface area contributed by atoms with E-state index in [1.807, 2.05) is 18.7 Å². The van der Waals surface area contributed by atoms with Crippen molar-refractivity contribution < 1.29 is 9.53 Å². The van der Waals surface area contributed by atoms with Gasteiger partial charge in [-0.1, -0.05) is 0 Å². The molecule has 1 amide bonds. The maximum absolute atomic E-state index is 12.2. The van der Waals surface area contributed by atoms with Crippen molar-refractivity contribution in [2.45, 2.75) is 52.4 Å². The highest BCUT2D eigenvalue weighted by Gasteiger charge is 2.29. The first-order valence-electron chi connectivity index (χ1n) is 7.39. The van der Waals surface area contributed by atoms with Gasteiger partial charge >= 0.3 is 0 Å². The van der Waals surface area contributed by atoms with E-state index in [2.05, 4.69) is 18.7 Å². The van der Waals surface area contributed by atoms with Crippen molar-refractivity contribution in [3.05, 3.63) is 0 Å². The number of amides is 1. The molecule has 5 nitrogen and oxygen atoms in total. The van der Waals surface area contributed by atoms with Crippen LogP contribution in [-0.4, -0.2) is 66.7 Å². The molecule has 1 saturated heterocycles. The van der Waals surface area contributed by atoms with Crippen LogP contribution in [0.3, 0.4) is 0 Å². The molecule has 0 bridgehead atoms. The van der Waals surface area contributed by atoms with Gasteiger partial charge in [0.1, 0.15) is 0 Å². The zero-order valence-corrected chi connectivity index (χ0v) is 12.8. The molecule has 0 aromatic rings. The van der Waals surface area contributed by atoms with E-state index in [1.54, 1.807) is 0 Å². The van der Waals surface area contributed by atoms with Gasteiger partial charge in [-0.15, -0.1) is 0 Å². The van der Waals surface area contributed by atoms with Crippen molar-refractivity contribution >= 4 is 5.91 Å². The van der Waals surface area contributed by atoms with E-state index in [-0.39, 0.29) is 24.2 Å². The summed E-state index contributed by atoms with van der Waals surface area (Å²) in [7, 11) is 0. The lowest BCUT2D eigenvalue weighted by Gasteiger charge is -2.40. The average molecular weight is 271 g/mol. The van der Waals surface area contributed by atoms with E-state index in [0.29, 0.717) is 13.0 Å². The molecule has 0 spiro atoms. The fraction of sp³-hybridized carbons (Fsp3) is 0.929. The number of ether oxygens (including phenoxy) is 1. The minimum atomic E-state index is 0.127. The molecule has 112 valence electrons. The second-order valence-electron chi connectivity index (χ2n) is 5.37. The van der Waals surface area contributed by atoms with Crippen LogP contribution in [0.5, 0.6) is 0 Å². The zero-order chi connectivity index (χ0) is 14.4. The van der Waals surface area contributed by atoms with Crippen LogP contribution >= 0.6 is 0 Å². The monoisotopic (exact) mass is 271 g/mol. The van der Waals surface area contributed by atoms with Gasteiger partial charge in [-0.05, 0) is 27.7 Å². The minimum Gasteiger partial charge on any atom is -0.373 e. The Kier molecular flexibility index (Phi) is 6.75. The quantitative estimate of drug-likeness (QED) is 0.772. The van der Waals surface area contributed by atoms with Gasteiger partial charge in [0.2, 0.25) is 5.91 Å². The van der Waals surface area contributed by atoms with Crippen molar-refractivity contribution in [1.82, 2.24) is 9.80 Å². The molecule has 1 heterocycles. The summed E-state index contributed by atoms with van der Waals surface area (Å²) < 4.78 is 5.73. The number of carbonyl (C=O) groups excluding carboxylic acids is 1. The van der Waals surface area contributed by atoms with Crippen LogP contribution < -0.4 is 5.73 Å². The second-order valence-corrected chi connectivity index (χ2v) is 5.37. The van der Waals surface area contributed by atoms with E-state index >= 15 is 0 Å². The van der Waals surface area contributed by atoms with Gasteiger partial charge in [-0.3, -0.25) is 9.69 Å². The van der Waals surface area contributed by atoms with Gasteiger partial charge in [0.15, 0.2) is 0 Å². The SMILES string of the molecule is CCN(CC)C(=O)CC(CN)N1C[C@@H](C)O[C@@H](C)C1. The van der Waals surface area contributed by atoms with Crippen molar-refractivity contribution in [3.8, 4) is 0 Å². The summed E-state index contributed by atoms with van der Waals surface area (Å²) in [6, 6.07) is 0.127. The Balaban J connectivity index is 2.59. The lowest BCUT2D eigenvalue weighted by atomic mass is 10.1. The molecule has 0 aromatic carbocycles. The first-order valence-corrected chi connectivity index (χ1v) is 7.39. The fourth-order valence-corrected chi connectivity index (χ4v) is 2.78. The maximum Gasteiger partial charge on any atom is 0.224 e. The molecule has 0 radical (unpaired) electrons. The van der Waals surface area contributed by atoms with Crippen molar-refractivity contribution in [2.24, 2.45) is 5.73 Å². The minimum absolute atomic E-state index is 0.127. The number of rotatable bonds is 6. The first kappa shape index (κ1) is 16.4. The summed E-state index contributed by atoms with van der Waals surface area (Å²) in [4.78, 5) is 16.4. The molecule has 19 heavy (non-hydrogen) atoms. The summed E-state index contributed by atoms with van der Waals surface area (Å²) in [5.74, 6) is 0.201. The Hall–Kier alpha value is -0.650. The molecule has 1 aliphatic heterocycles. The largest absolute Gasteiger partial charge is 0.373 e. The molecule has 0 aromatic heterocycles. The number of nitrogens with zero attached hydrogens (tertiary/aromatic N) is 2. The van der Waals surface area contributed by atoms with Crippen molar-refractivity contribution in [3.63, 3.8) is 0 Å². The molecule has 1 unspecified atom stereocenters. The van der Waals surface area contributed by atoms with Gasteiger partial charge in [-0.2, -0.15) is 0 Å². The van der Waals surface area contributed by atoms with Crippen LogP contribution in [-0.2, 0) is 9.53 Å². The van der Waals surface area contributed by atoms with E-state index in [9.17, 15) is 4.79 Å². The van der Waals surface area contributed by atoms with E-state index < -0.39 is 0 Å². The standard InChI is InChI=1S/C14H29N3O2/c1-5-16(6-2)14(18)7-13(8-15)17-9-11(3)19-12(4)10-17/h11-13H,5-10,15H2,1-4H3/t11-,12+,13?. The highest BCUT2D eigenvalue weighted by molar-refractivity contribution is 5.76. The van der Waals surface area contributed by atoms with Gasteiger partial charge < -0.3 is 15.4 Å². The summed E-state index contributed by atoms with van der Waals surface area (Å²) in [6.45, 7) is 11.9. The van der Waals surface area contributed by atoms with Crippen molar-refractivity contribution in [2.75, 3.05) is 32.7 Å². The second kappa shape index (κ2) is 7.82. The van der Waals surface area contributed by atoms with Crippen LogP contribution in [0, 0.1) is 0 Å². The third kappa shape index (κ3) is 4.75. The first-order chi connectivity index (χ1) is 9.01. The lowest BCUT2D eigenvalue weighted by Crippen LogP contribution is -2.53. The van der Waals surface area contributed by atoms with Crippen LogP contribution in [0.25, 0.3) is 0 Å². The summed E-state index contributed by atoms with van der Waals surface area (Å²) in [6.07, 6.45) is 0.931. The number of carbonyl (C=O) groups is 1.